The van der Waals surface area contributed by atoms with Gasteiger partial charge in [0.15, 0.2) is 0 Å². The molecule has 0 bridgehead atoms. The van der Waals surface area contributed by atoms with Gasteiger partial charge in [-0.05, 0) is 6.42 Å². The minimum absolute atomic E-state index is 0.155. The minimum atomic E-state index is -0.155. The summed E-state index contributed by atoms with van der Waals surface area (Å²) in [6.45, 7) is 1.52. The first kappa shape index (κ1) is 7.49. The molecule has 2 heterocycles. The van der Waals surface area contributed by atoms with E-state index in [-0.39, 0.29) is 5.56 Å². The molecule has 1 fully saturated rings. The number of H-pyrrole nitrogens is 1. The van der Waals surface area contributed by atoms with Crippen LogP contribution in [0.15, 0.2) is 17.2 Å². The molecule has 0 spiro atoms. The van der Waals surface area contributed by atoms with Gasteiger partial charge in [0.1, 0.15) is 0 Å². The zero-order valence-corrected chi connectivity index (χ0v) is 6.62. The Hall–Kier alpha value is -1.16. The molecule has 1 aromatic heterocycles. The van der Waals surface area contributed by atoms with E-state index in [0.29, 0.717) is 5.92 Å². The lowest BCUT2D eigenvalue weighted by molar-refractivity contribution is 0.193. The van der Waals surface area contributed by atoms with Crippen LogP contribution < -0.4 is 5.56 Å². The fourth-order valence-electron chi connectivity index (χ4n) is 1.34. The average molecular weight is 166 g/mol. The van der Waals surface area contributed by atoms with Crippen LogP contribution in [0.2, 0.25) is 0 Å². The number of rotatable bonds is 1. The summed E-state index contributed by atoms with van der Waals surface area (Å²) in [5.74, 6) is 0.363. The van der Waals surface area contributed by atoms with Crippen molar-refractivity contribution in [3.05, 3.63) is 28.4 Å². The number of ether oxygens (including phenoxy) is 1. The maximum Gasteiger partial charge on any atom is 0.266 e. The second-order valence-electron chi connectivity index (χ2n) is 2.90. The average Bonchev–Trinajstić information content (AvgIpc) is 2.58. The van der Waals surface area contributed by atoms with Crippen LogP contribution in [0.4, 0.5) is 0 Å². The Kier molecular flexibility index (Phi) is 1.91. The molecule has 0 aromatic carbocycles. The second kappa shape index (κ2) is 3.06. The van der Waals surface area contributed by atoms with Crippen molar-refractivity contribution < 1.29 is 4.74 Å². The first-order valence-electron chi connectivity index (χ1n) is 3.98. The van der Waals surface area contributed by atoms with Crippen molar-refractivity contribution in [2.24, 2.45) is 0 Å². The molecule has 12 heavy (non-hydrogen) atoms. The summed E-state index contributed by atoms with van der Waals surface area (Å²) in [7, 11) is 0. The Morgan fingerprint density at radius 3 is 3.17 bits per heavy atom. The van der Waals surface area contributed by atoms with E-state index in [2.05, 4.69) is 9.97 Å². The molecule has 2 rings (SSSR count). The molecule has 0 aliphatic carbocycles. The van der Waals surface area contributed by atoms with Gasteiger partial charge in [0.05, 0.1) is 18.5 Å². The van der Waals surface area contributed by atoms with Crippen LogP contribution in [-0.4, -0.2) is 23.2 Å². The number of hydrogen-bond donors (Lipinski definition) is 1. The largest absolute Gasteiger partial charge is 0.381 e. The van der Waals surface area contributed by atoms with Crippen LogP contribution in [0.3, 0.4) is 0 Å². The van der Waals surface area contributed by atoms with Crippen LogP contribution in [0, 0.1) is 0 Å². The maximum absolute atomic E-state index is 10.7. The van der Waals surface area contributed by atoms with E-state index in [1.807, 2.05) is 0 Å². The summed E-state index contributed by atoms with van der Waals surface area (Å²) in [5.41, 5.74) is 0.768. The van der Waals surface area contributed by atoms with Crippen molar-refractivity contribution in [2.45, 2.75) is 12.3 Å². The van der Waals surface area contributed by atoms with E-state index in [1.54, 1.807) is 6.20 Å². The van der Waals surface area contributed by atoms with E-state index in [9.17, 15) is 4.79 Å². The summed E-state index contributed by atoms with van der Waals surface area (Å²) in [5, 5.41) is 0. The van der Waals surface area contributed by atoms with Crippen LogP contribution in [0.25, 0.3) is 0 Å². The predicted molar refractivity (Wildman–Crippen MR) is 43.0 cm³/mol. The van der Waals surface area contributed by atoms with Gasteiger partial charge in [-0.25, -0.2) is 0 Å². The van der Waals surface area contributed by atoms with Crippen LogP contribution in [-0.2, 0) is 4.74 Å². The van der Waals surface area contributed by atoms with Gasteiger partial charge in [-0.15, -0.1) is 0 Å². The van der Waals surface area contributed by atoms with Crippen molar-refractivity contribution >= 4 is 0 Å². The fraction of sp³-hybridized carbons (Fsp3) is 0.500. The molecular weight excluding hydrogens is 156 g/mol. The molecular formula is C8H10N2O2. The van der Waals surface area contributed by atoms with E-state index < -0.39 is 0 Å². The van der Waals surface area contributed by atoms with Crippen molar-refractivity contribution in [3.8, 4) is 0 Å². The second-order valence-corrected chi connectivity index (χ2v) is 2.90. The topological polar surface area (TPSA) is 55.0 Å². The zero-order valence-electron chi connectivity index (χ0n) is 6.62. The maximum atomic E-state index is 10.7. The highest BCUT2D eigenvalue weighted by Gasteiger charge is 2.18. The molecule has 1 N–H and O–H groups in total. The molecule has 0 amide bonds. The summed E-state index contributed by atoms with van der Waals surface area (Å²) in [6.07, 6.45) is 3.98. The number of aromatic amines is 1. The normalized spacial score (nSPS) is 22.8. The fourth-order valence-corrected chi connectivity index (χ4v) is 1.34. The highest BCUT2D eigenvalue weighted by molar-refractivity contribution is 5.04. The van der Waals surface area contributed by atoms with E-state index in [1.165, 1.54) is 6.20 Å². The van der Waals surface area contributed by atoms with E-state index in [0.717, 1.165) is 25.3 Å². The zero-order chi connectivity index (χ0) is 8.39. The molecule has 0 radical (unpaired) electrons. The molecule has 0 saturated carbocycles. The van der Waals surface area contributed by atoms with Crippen molar-refractivity contribution in [2.75, 3.05) is 13.2 Å². The summed E-state index contributed by atoms with van der Waals surface area (Å²) in [4.78, 5) is 17.3. The predicted octanol–water partition coefficient (Wildman–Crippen LogP) is 0.274. The summed E-state index contributed by atoms with van der Waals surface area (Å²) in [6, 6.07) is 0. The van der Waals surface area contributed by atoms with Gasteiger partial charge in [-0.3, -0.25) is 9.78 Å². The molecule has 1 atom stereocenters. The van der Waals surface area contributed by atoms with E-state index >= 15 is 0 Å². The Bertz CT molecular complexity index is 295. The van der Waals surface area contributed by atoms with Gasteiger partial charge in [-0.1, -0.05) is 0 Å². The third-order valence-corrected chi connectivity index (χ3v) is 2.04. The summed E-state index contributed by atoms with van der Waals surface area (Å²) >= 11 is 0. The monoisotopic (exact) mass is 166 g/mol. The van der Waals surface area contributed by atoms with Gasteiger partial charge in [0.2, 0.25) is 0 Å². The highest BCUT2D eigenvalue weighted by Crippen LogP contribution is 2.21. The number of aromatic nitrogens is 2. The SMILES string of the molecule is O=c1cnc(C2CCOC2)c[nH]1. The first-order chi connectivity index (χ1) is 5.86. The molecule has 1 aromatic rings. The minimum Gasteiger partial charge on any atom is -0.381 e. The molecule has 1 saturated heterocycles. The molecule has 4 heteroatoms. The van der Waals surface area contributed by atoms with Crippen LogP contribution in [0.1, 0.15) is 18.0 Å². The highest BCUT2D eigenvalue weighted by atomic mass is 16.5. The Labute approximate surface area is 69.6 Å². The number of hydrogen-bond acceptors (Lipinski definition) is 3. The number of nitrogens with zero attached hydrogens (tertiary/aromatic N) is 1. The van der Waals surface area contributed by atoms with Gasteiger partial charge in [0.25, 0.3) is 5.56 Å². The van der Waals surface area contributed by atoms with E-state index in [4.69, 9.17) is 4.74 Å². The third-order valence-electron chi connectivity index (χ3n) is 2.04. The van der Waals surface area contributed by atoms with Gasteiger partial charge >= 0.3 is 0 Å². The van der Waals surface area contributed by atoms with Crippen LogP contribution >= 0.6 is 0 Å². The van der Waals surface area contributed by atoms with Gasteiger partial charge < -0.3 is 9.72 Å². The van der Waals surface area contributed by atoms with Gasteiger partial charge in [-0.2, -0.15) is 0 Å². The molecule has 1 aliphatic heterocycles. The molecule has 64 valence electrons. The smallest absolute Gasteiger partial charge is 0.266 e. The standard InChI is InChI=1S/C8H10N2O2/c11-8-4-9-7(3-10-8)6-1-2-12-5-6/h3-4,6H,1-2,5H2,(H,10,11). The third kappa shape index (κ3) is 1.38. The Morgan fingerprint density at radius 2 is 2.58 bits per heavy atom. The lowest BCUT2D eigenvalue weighted by Crippen LogP contribution is -2.09. The first-order valence-corrected chi connectivity index (χ1v) is 3.98. The molecule has 1 unspecified atom stereocenters. The Balaban J connectivity index is 2.22. The summed E-state index contributed by atoms with van der Waals surface area (Å²) < 4.78 is 5.21. The molecule has 4 nitrogen and oxygen atoms in total. The number of nitrogens with one attached hydrogen (secondary N) is 1. The Morgan fingerprint density at radius 1 is 1.67 bits per heavy atom. The molecule has 1 aliphatic rings. The quantitative estimate of drug-likeness (QED) is 0.651. The van der Waals surface area contributed by atoms with Crippen molar-refractivity contribution in [1.29, 1.82) is 0 Å². The van der Waals surface area contributed by atoms with Crippen molar-refractivity contribution in [3.63, 3.8) is 0 Å². The van der Waals surface area contributed by atoms with Crippen molar-refractivity contribution in [1.82, 2.24) is 9.97 Å². The van der Waals surface area contributed by atoms with Gasteiger partial charge in [0, 0.05) is 18.7 Å². The van der Waals surface area contributed by atoms with Crippen LogP contribution in [0.5, 0.6) is 0 Å². The lowest BCUT2D eigenvalue weighted by Gasteiger charge is -2.03. The lowest BCUT2D eigenvalue weighted by atomic mass is 10.1.